The Balaban J connectivity index is 1.60. The number of halogens is 1. The Morgan fingerprint density at radius 1 is 1.23 bits per heavy atom. The quantitative estimate of drug-likeness (QED) is 0.587. The number of carbonyl (C=O) groups is 1. The van der Waals surface area contributed by atoms with Crippen LogP contribution in [-0.2, 0) is 33.7 Å². The fraction of sp³-hybridized carbons (Fsp3) is 0.458. The summed E-state index contributed by atoms with van der Waals surface area (Å²) in [7, 11) is 1.73. The summed E-state index contributed by atoms with van der Waals surface area (Å²) in [5.41, 5.74) is 5.05. The SMILES string of the molecule is CCOC(=O)CCc1ccc(NCc2ccc3c(c2)N(CCOC)CCC3)cc1F. The predicted molar refractivity (Wildman–Crippen MR) is 118 cm³/mol. The second kappa shape index (κ2) is 11.0. The third-order valence-electron chi connectivity index (χ3n) is 5.38. The molecule has 2 aromatic rings. The molecular weight excluding hydrogens is 383 g/mol. The van der Waals surface area contributed by atoms with E-state index < -0.39 is 0 Å². The molecule has 0 fully saturated rings. The maximum atomic E-state index is 14.4. The van der Waals surface area contributed by atoms with E-state index in [-0.39, 0.29) is 18.2 Å². The van der Waals surface area contributed by atoms with Crippen LogP contribution in [0.4, 0.5) is 15.8 Å². The van der Waals surface area contributed by atoms with E-state index in [1.807, 2.05) is 6.07 Å². The Morgan fingerprint density at radius 3 is 2.87 bits per heavy atom. The Morgan fingerprint density at radius 2 is 2.10 bits per heavy atom. The Bertz CT molecular complexity index is 856. The van der Waals surface area contributed by atoms with Crippen LogP contribution in [-0.4, -0.2) is 39.4 Å². The highest BCUT2D eigenvalue weighted by Gasteiger charge is 2.17. The molecule has 0 aliphatic carbocycles. The molecule has 2 aromatic carbocycles. The van der Waals surface area contributed by atoms with Crippen molar-refractivity contribution in [2.24, 2.45) is 0 Å². The van der Waals surface area contributed by atoms with Crippen molar-refractivity contribution in [1.82, 2.24) is 0 Å². The van der Waals surface area contributed by atoms with Crippen LogP contribution in [0.15, 0.2) is 36.4 Å². The summed E-state index contributed by atoms with van der Waals surface area (Å²) in [5.74, 6) is -0.605. The molecule has 1 N–H and O–H groups in total. The molecule has 3 rings (SSSR count). The second-order valence-corrected chi connectivity index (χ2v) is 7.51. The number of benzene rings is 2. The molecule has 6 heteroatoms. The molecule has 30 heavy (non-hydrogen) atoms. The third-order valence-corrected chi connectivity index (χ3v) is 5.38. The number of nitrogens with one attached hydrogen (secondary N) is 1. The lowest BCUT2D eigenvalue weighted by atomic mass is 9.99. The van der Waals surface area contributed by atoms with Gasteiger partial charge in [-0.1, -0.05) is 18.2 Å². The molecule has 1 aliphatic rings. The molecule has 0 spiro atoms. The predicted octanol–water partition coefficient (Wildman–Crippen LogP) is 4.33. The number of fused-ring (bicyclic) bond motifs is 1. The van der Waals surface area contributed by atoms with Crippen LogP contribution in [0, 0.1) is 5.82 Å². The minimum atomic E-state index is -0.305. The van der Waals surface area contributed by atoms with Gasteiger partial charge in [0, 0.05) is 44.5 Å². The number of esters is 1. The number of hydrogen-bond acceptors (Lipinski definition) is 5. The van der Waals surface area contributed by atoms with Crippen LogP contribution in [0.5, 0.6) is 0 Å². The summed E-state index contributed by atoms with van der Waals surface area (Å²) in [6, 6.07) is 11.6. The number of carbonyl (C=O) groups excluding carboxylic acids is 1. The number of hydrogen-bond donors (Lipinski definition) is 1. The Kier molecular flexibility index (Phi) is 8.08. The number of rotatable bonds is 10. The van der Waals surface area contributed by atoms with Crippen molar-refractivity contribution >= 4 is 17.3 Å². The lowest BCUT2D eigenvalue weighted by Crippen LogP contribution is -2.32. The highest BCUT2D eigenvalue weighted by atomic mass is 19.1. The molecule has 0 unspecified atom stereocenters. The zero-order chi connectivity index (χ0) is 21.3. The van der Waals surface area contributed by atoms with Gasteiger partial charge in [0.05, 0.1) is 13.2 Å². The first kappa shape index (κ1) is 22.1. The largest absolute Gasteiger partial charge is 0.466 e. The third kappa shape index (κ3) is 5.95. The molecule has 0 aromatic heterocycles. The number of nitrogens with zero attached hydrogens (tertiary/aromatic N) is 1. The first-order chi connectivity index (χ1) is 14.6. The maximum Gasteiger partial charge on any atom is 0.306 e. The Labute approximate surface area is 178 Å². The topological polar surface area (TPSA) is 50.8 Å². The molecule has 1 aliphatic heterocycles. The summed E-state index contributed by atoms with van der Waals surface area (Å²) in [4.78, 5) is 13.8. The molecule has 5 nitrogen and oxygen atoms in total. The van der Waals surface area contributed by atoms with Gasteiger partial charge in [0.25, 0.3) is 0 Å². The van der Waals surface area contributed by atoms with Gasteiger partial charge in [0.2, 0.25) is 0 Å². The summed E-state index contributed by atoms with van der Waals surface area (Å²) in [6.07, 6.45) is 2.79. The molecule has 162 valence electrons. The summed E-state index contributed by atoms with van der Waals surface area (Å²) < 4.78 is 24.5. The van der Waals surface area contributed by atoms with E-state index in [2.05, 4.69) is 28.4 Å². The summed E-state index contributed by atoms with van der Waals surface area (Å²) >= 11 is 0. The van der Waals surface area contributed by atoms with Crippen molar-refractivity contribution in [3.63, 3.8) is 0 Å². The van der Waals surface area contributed by atoms with Gasteiger partial charge in [0.15, 0.2) is 0 Å². The minimum Gasteiger partial charge on any atom is -0.466 e. The molecule has 0 amide bonds. The van der Waals surface area contributed by atoms with E-state index in [4.69, 9.17) is 9.47 Å². The van der Waals surface area contributed by atoms with Gasteiger partial charge in [-0.05, 0) is 61.1 Å². The normalized spacial score (nSPS) is 13.1. The smallest absolute Gasteiger partial charge is 0.306 e. The van der Waals surface area contributed by atoms with E-state index >= 15 is 0 Å². The van der Waals surface area contributed by atoms with Crippen molar-refractivity contribution in [3.8, 4) is 0 Å². The molecule has 0 bridgehead atoms. The van der Waals surface area contributed by atoms with Gasteiger partial charge < -0.3 is 19.7 Å². The lowest BCUT2D eigenvalue weighted by Gasteiger charge is -2.31. The fourth-order valence-corrected chi connectivity index (χ4v) is 3.77. The average Bonchev–Trinajstić information content (AvgIpc) is 2.75. The van der Waals surface area contributed by atoms with Crippen molar-refractivity contribution < 1.29 is 18.7 Å². The van der Waals surface area contributed by atoms with Gasteiger partial charge in [-0.3, -0.25) is 4.79 Å². The van der Waals surface area contributed by atoms with Crippen molar-refractivity contribution in [1.29, 1.82) is 0 Å². The number of methoxy groups -OCH3 is 1. The second-order valence-electron chi connectivity index (χ2n) is 7.51. The van der Waals surface area contributed by atoms with Crippen molar-refractivity contribution in [2.45, 2.75) is 39.2 Å². The molecule has 0 radical (unpaired) electrons. The van der Waals surface area contributed by atoms with Crippen LogP contribution in [0.2, 0.25) is 0 Å². The standard InChI is InChI=1S/C24H31FN2O3/c1-3-30-24(28)11-9-19-8-10-21(16-22(19)25)26-17-18-6-7-20-5-4-12-27(13-14-29-2)23(20)15-18/h6-8,10,15-16,26H,3-5,9,11-14,17H2,1-2H3. The van der Waals surface area contributed by atoms with Crippen molar-refractivity contribution in [3.05, 3.63) is 58.9 Å². The van der Waals surface area contributed by atoms with E-state index in [1.54, 1.807) is 20.1 Å². The average molecular weight is 415 g/mol. The number of anilines is 2. The Hall–Kier alpha value is -2.60. The molecule has 0 atom stereocenters. The summed E-state index contributed by atoms with van der Waals surface area (Å²) in [6.45, 7) is 5.37. The van der Waals surface area contributed by atoms with E-state index in [1.165, 1.54) is 17.3 Å². The van der Waals surface area contributed by atoms with Crippen molar-refractivity contribution in [2.75, 3.05) is 43.6 Å². The van der Waals surface area contributed by atoms with Crippen LogP contribution >= 0.6 is 0 Å². The summed E-state index contributed by atoms with van der Waals surface area (Å²) in [5, 5.41) is 3.30. The first-order valence-electron chi connectivity index (χ1n) is 10.6. The fourth-order valence-electron chi connectivity index (χ4n) is 3.77. The first-order valence-corrected chi connectivity index (χ1v) is 10.6. The van der Waals surface area contributed by atoms with Gasteiger partial charge >= 0.3 is 5.97 Å². The number of ether oxygens (including phenoxy) is 2. The van der Waals surface area contributed by atoms with Crippen LogP contribution in [0.3, 0.4) is 0 Å². The molecular formula is C24H31FN2O3. The van der Waals surface area contributed by atoms with Crippen LogP contribution in [0.1, 0.15) is 36.5 Å². The minimum absolute atomic E-state index is 0.187. The van der Waals surface area contributed by atoms with E-state index in [9.17, 15) is 9.18 Å². The maximum absolute atomic E-state index is 14.4. The number of aryl methyl sites for hydroxylation is 2. The monoisotopic (exact) mass is 414 g/mol. The highest BCUT2D eigenvalue weighted by molar-refractivity contribution is 5.69. The van der Waals surface area contributed by atoms with Gasteiger partial charge in [-0.25, -0.2) is 4.39 Å². The zero-order valence-corrected chi connectivity index (χ0v) is 17.9. The molecule has 1 heterocycles. The van der Waals surface area contributed by atoms with Gasteiger partial charge in [-0.15, -0.1) is 0 Å². The molecule has 0 saturated heterocycles. The highest BCUT2D eigenvalue weighted by Crippen LogP contribution is 2.28. The van der Waals surface area contributed by atoms with E-state index in [0.717, 1.165) is 37.2 Å². The van der Waals surface area contributed by atoms with E-state index in [0.29, 0.717) is 31.7 Å². The zero-order valence-electron chi connectivity index (χ0n) is 17.9. The van der Waals surface area contributed by atoms with Crippen LogP contribution < -0.4 is 10.2 Å². The molecule has 0 saturated carbocycles. The van der Waals surface area contributed by atoms with Gasteiger partial charge in [-0.2, -0.15) is 0 Å². The van der Waals surface area contributed by atoms with Gasteiger partial charge in [0.1, 0.15) is 5.82 Å². The van der Waals surface area contributed by atoms with Crippen LogP contribution in [0.25, 0.3) is 0 Å². The lowest BCUT2D eigenvalue weighted by molar-refractivity contribution is -0.143.